The fourth-order valence-electron chi connectivity index (χ4n) is 5.38. The summed E-state index contributed by atoms with van der Waals surface area (Å²) in [6.45, 7) is 3.53. The summed E-state index contributed by atoms with van der Waals surface area (Å²) in [4.78, 5) is 19.3. The van der Waals surface area contributed by atoms with Crippen molar-refractivity contribution in [2.24, 2.45) is 11.3 Å². The van der Waals surface area contributed by atoms with Crippen molar-refractivity contribution in [3.05, 3.63) is 36.3 Å². The van der Waals surface area contributed by atoms with Crippen molar-refractivity contribution in [2.45, 2.75) is 44.9 Å². The van der Waals surface area contributed by atoms with E-state index in [2.05, 4.69) is 30.4 Å². The predicted octanol–water partition coefficient (Wildman–Crippen LogP) is 3.59. The Morgan fingerprint density at radius 1 is 1.14 bits per heavy atom. The molecule has 1 amide bonds. The third-order valence-corrected chi connectivity index (χ3v) is 7.81. The monoisotopic (exact) mass is 499 g/mol. The summed E-state index contributed by atoms with van der Waals surface area (Å²) in [6, 6.07) is 7.75. The average molecular weight is 500 g/mol. The molecule has 2 aliphatic heterocycles. The predicted molar refractivity (Wildman–Crippen MR) is 128 cm³/mol. The first-order chi connectivity index (χ1) is 17.3. The first kappa shape index (κ1) is 23.4. The Hall–Kier alpha value is -3.05. The van der Waals surface area contributed by atoms with Crippen LogP contribution < -0.4 is 10.6 Å². The number of halogens is 3. The molecular weight excluding hydrogens is 471 g/mol. The number of alkyl halides is 3. The minimum atomic E-state index is -4.15. The van der Waals surface area contributed by atoms with Crippen molar-refractivity contribution in [1.29, 1.82) is 0 Å². The zero-order valence-corrected chi connectivity index (χ0v) is 19.8. The Morgan fingerprint density at radius 3 is 2.69 bits per heavy atom. The third-order valence-electron chi connectivity index (χ3n) is 7.81. The van der Waals surface area contributed by atoms with Gasteiger partial charge in [-0.25, -0.2) is 4.98 Å². The second-order valence-electron chi connectivity index (χ2n) is 10.2. The van der Waals surface area contributed by atoms with E-state index >= 15 is 0 Å². The lowest BCUT2D eigenvalue weighted by Gasteiger charge is -2.34. The van der Waals surface area contributed by atoms with Crippen molar-refractivity contribution in [3.63, 3.8) is 0 Å². The van der Waals surface area contributed by atoms with Gasteiger partial charge in [0.2, 0.25) is 5.91 Å². The highest BCUT2D eigenvalue weighted by atomic mass is 19.4. The van der Waals surface area contributed by atoms with Crippen molar-refractivity contribution in [1.82, 2.24) is 30.0 Å². The molecule has 0 unspecified atom stereocenters. The van der Waals surface area contributed by atoms with Crippen molar-refractivity contribution in [3.8, 4) is 11.3 Å². The van der Waals surface area contributed by atoms with Crippen LogP contribution in [0.4, 0.5) is 19.0 Å². The summed E-state index contributed by atoms with van der Waals surface area (Å²) in [5.74, 6) is 0.973. The summed E-state index contributed by atoms with van der Waals surface area (Å²) in [5, 5.41) is 15.5. The number of benzene rings is 1. The number of hydrogen-bond acceptors (Lipinski definition) is 6. The van der Waals surface area contributed by atoms with E-state index in [1.165, 1.54) is 0 Å². The molecule has 36 heavy (non-hydrogen) atoms. The van der Waals surface area contributed by atoms with Crippen LogP contribution in [0.3, 0.4) is 0 Å². The molecule has 190 valence electrons. The van der Waals surface area contributed by atoms with Gasteiger partial charge in [0, 0.05) is 36.5 Å². The Balaban J connectivity index is 1.11. The third kappa shape index (κ3) is 4.34. The Labute approximate surface area is 206 Å². The van der Waals surface area contributed by atoms with E-state index in [9.17, 15) is 18.0 Å². The molecule has 0 radical (unpaired) electrons. The van der Waals surface area contributed by atoms with Crippen LogP contribution in [0.25, 0.3) is 22.2 Å². The van der Waals surface area contributed by atoms with Crippen LogP contribution in [-0.2, 0) is 17.9 Å². The summed E-state index contributed by atoms with van der Waals surface area (Å²) >= 11 is 0. The van der Waals surface area contributed by atoms with Gasteiger partial charge < -0.3 is 20.1 Å². The van der Waals surface area contributed by atoms with Crippen LogP contribution in [0.15, 0.2) is 30.5 Å². The molecule has 3 aromatic rings. The van der Waals surface area contributed by atoms with Crippen LogP contribution in [0.5, 0.6) is 0 Å². The fraction of sp³-hybridized carbons (Fsp3) is 0.520. The summed E-state index contributed by atoms with van der Waals surface area (Å²) < 4.78 is 42.0. The number of hydrogen-bond donors (Lipinski definition) is 2. The molecule has 0 spiro atoms. The number of anilines is 1. The molecule has 1 aliphatic carbocycles. The number of aromatic nitrogens is 4. The Morgan fingerprint density at radius 2 is 1.94 bits per heavy atom. The van der Waals surface area contributed by atoms with Crippen molar-refractivity contribution in [2.75, 3.05) is 31.5 Å². The molecular formula is C25H28F3N7O. The molecule has 4 heterocycles. The van der Waals surface area contributed by atoms with Gasteiger partial charge in [0.15, 0.2) is 5.82 Å². The minimum absolute atomic E-state index is 0.0419. The second kappa shape index (κ2) is 8.81. The van der Waals surface area contributed by atoms with Gasteiger partial charge in [-0.2, -0.15) is 13.2 Å². The molecule has 8 nitrogen and oxygen atoms in total. The lowest BCUT2D eigenvalue weighted by atomic mass is 9.94. The van der Waals surface area contributed by atoms with E-state index in [1.807, 2.05) is 35.4 Å². The lowest BCUT2D eigenvalue weighted by Crippen LogP contribution is -2.44. The van der Waals surface area contributed by atoms with Gasteiger partial charge in [-0.3, -0.25) is 4.79 Å². The van der Waals surface area contributed by atoms with E-state index in [0.717, 1.165) is 47.6 Å². The maximum atomic E-state index is 13.3. The van der Waals surface area contributed by atoms with Crippen LogP contribution >= 0.6 is 0 Å². The topological polar surface area (TPSA) is 88.0 Å². The molecule has 1 saturated heterocycles. The number of rotatable bonds is 5. The van der Waals surface area contributed by atoms with Gasteiger partial charge in [-0.05, 0) is 57.0 Å². The molecule has 3 aliphatic rings. The normalized spacial score (nSPS) is 20.3. The number of piperidine rings is 1. The highest BCUT2D eigenvalue weighted by molar-refractivity contribution is 5.94. The average Bonchev–Trinajstić information content (AvgIpc) is 3.54. The van der Waals surface area contributed by atoms with E-state index < -0.39 is 11.6 Å². The van der Waals surface area contributed by atoms with Gasteiger partial charge >= 0.3 is 6.18 Å². The highest BCUT2D eigenvalue weighted by Gasteiger charge is 2.63. The van der Waals surface area contributed by atoms with Crippen molar-refractivity contribution < 1.29 is 18.0 Å². The molecule has 2 fully saturated rings. The number of nitrogens with one attached hydrogen (secondary N) is 2. The van der Waals surface area contributed by atoms with Gasteiger partial charge in [0.1, 0.15) is 5.82 Å². The molecule has 1 saturated carbocycles. The van der Waals surface area contributed by atoms with Gasteiger partial charge in [0.05, 0.1) is 29.4 Å². The number of carbonyl (C=O) groups is 1. The smallest absolute Gasteiger partial charge is 0.326 e. The zero-order chi connectivity index (χ0) is 24.9. The summed E-state index contributed by atoms with van der Waals surface area (Å²) in [5.41, 5.74) is 1.26. The highest BCUT2D eigenvalue weighted by Crippen LogP contribution is 2.58. The maximum Gasteiger partial charge on any atom is 0.395 e. The number of imidazole rings is 1. The minimum Gasteiger partial charge on any atom is -0.326 e. The van der Waals surface area contributed by atoms with Gasteiger partial charge in [-0.15, -0.1) is 10.2 Å². The molecule has 11 heteroatoms. The van der Waals surface area contributed by atoms with E-state index in [0.29, 0.717) is 31.7 Å². The lowest BCUT2D eigenvalue weighted by molar-refractivity contribution is -0.192. The standard InChI is InChI=1S/C25H28F3N7O/c26-25(27,28)24(5-6-24)15-34-8-3-16(4-9-34)23(36)31-21-12-18-11-17(1-2-19(18)32-33-21)20-13-30-22-14-29-7-10-35(20)22/h1-2,11-13,16,29H,3-10,14-15H2,(H,31,33,36). The molecule has 2 aromatic heterocycles. The first-order valence-corrected chi connectivity index (χ1v) is 12.4. The number of fused-ring (bicyclic) bond motifs is 2. The SMILES string of the molecule is O=C(Nc1cc2cc(-c3cnc4n3CCNC4)ccc2nn1)C1CCN(CC2(C(F)(F)F)CC2)CC1. The van der Waals surface area contributed by atoms with Crippen LogP contribution in [-0.4, -0.2) is 62.9 Å². The van der Waals surface area contributed by atoms with E-state index in [4.69, 9.17) is 0 Å². The number of amides is 1. The Kier molecular flexibility index (Phi) is 5.71. The van der Waals surface area contributed by atoms with E-state index in [-0.39, 0.29) is 31.2 Å². The van der Waals surface area contributed by atoms with E-state index in [1.54, 1.807) is 0 Å². The van der Waals surface area contributed by atoms with Crippen LogP contribution in [0, 0.1) is 11.3 Å². The summed E-state index contributed by atoms with van der Waals surface area (Å²) in [6.07, 6.45) is -0.782. The Bertz CT molecular complexity index is 1290. The number of carbonyl (C=O) groups excluding carboxylic acids is 1. The molecule has 0 atom stereocenters. The van der Waals surface area contributed by atoms with Crippen LogP contribution in [0.1, 0.15) is 31.5 Å². The molecule has 0 bridgehead atoms. The number of likely N-dealkylation sites (tertiary alicyclic amines) is 1. The fourth-order valence-corrected chi connectivity index (χ4v) is 5.38. The second-order valence-corrected chi connectivity index (χ2v) is 10.2. The zero-order valence-electron chi connectivity index (χ0n) is 19.8. The van der Waals surface area contributed by atoms with Gasteiger partial charge in [-0.1, -0.05) is 6.07 Å². The molecule has 1 aromatic carbocycles. The van der Waals surface area contributed by atoms with Crippen LogP contribution in [0.2, 0.25) is 0 Å². The molecule has 2 N–H and O–H groups in total. The number of nitrogens with zero attached hydrogens (tertiary/aromatic N) is 5. The largest absolute Gasteiger partial charge is 0.395 e. The maximum absolute atomic E-state index is 13.3. The first-order valence-electron chi connectivity index (χ1n) is 12.4. The summed E-state index contributed by atoms with van der Waals surface area (Å²) in [7, 11) is 0. The van der Waals surface area contributed by atoms with Crippen molar-refractivity contribution >= 4 is 22.6 Å². The molecule has 6 rings (SSSR count). The van der Waals surface area contributed by atoms with Gasteiger partial charge in [0.25, 0.3) is 0 Å². The quantitative estimate of drug-likeness (QED) is 0.558.